The van der Waals surface area contributed by atoms with E-state index in [2.05, 4.69) is 30.7 Å². The highest BCUT2D eigenvalue weighted by molar-refractivity contribution is 7.90. The molecule has 0 bridgehead atoms. The van der Waals surface area contributed by atoms with Gasteiger partial charge in [0.15, 0.2) is 0 Å². The van der Waals surface area contributed by atoms with E-state index in [-0.39, 0.29) is 22.3 Å². The van der Waals surface area contributed by atoms with E-state index >= 15 is 0 Å². The Morgan fingerprint density at radius 1 is 1.04 bits per heavy atom. The first kappa shape index (κ1) is 34.8. The minimum absolute atomic E-state index is 0.0173. The van der Waals surface area contributed by atoms with Gasteiger partial charge < -0.3 is 13.9 Å². The first-order chi connectivity index (χ1) is 24.7. The predicted molar refractivity (Wildman–Crippen MR) is 193 cm³/mol. The highest BCUT2D eigenvalue weighted by atomic mass is 35.5. The third-order valence-corrected chi connectivity index (χ3v) is 11.6. The van der Waals surface area contributed by atoms with Crippen LogP contribution in [0, 0.1) is 5.82 Å². The van der Waals surface area contributed by atoms with E-state index in [1.807, 2.05) is 18.3 Å². The number of benzene rings is 2. The molecule has 51 heavy (non-hydrogen) atoms. The molecule has 4 aromatic heterocycles. The molecule has 1 fully saturated rings. The summed E-state index contributed by atoms with van der Waals surface area (Å²) in [5.74, 6) is 0.430. The summed E-state index contributed by atoms with van der Waals surface area (Å²) in [5, 5.41) is 0.336. The number of hydrogen-bond donors (Lipinski definition) is 1. The van der Waals surface area contributed by atoms with Crippen molar-refractivity contribution >= 4 is 49.2 Å². The molecule has 11 nitrogen and oxygen atoms in total. The second-order valence-electron chi connectivity index (χ2n) is 12.3. The van der Waals surface area contributed by atoms with Crippen LogP contribution in [0.5, 0.6) is 5.88 Å². The largest absolute Gasteiger partial charge is 0.473 e. The Balaban J connectivity index is 1.05. The van der Waals surface area contributed by atoms with Gasteiger partial charge in [-0.3, -0.25) is 9.69 Å². The number of nitrogens with one attached hydrogen (secondary N) is 1. The minimum Gasteiger partial charge on any atom is -0.473 e. The van der Waals surface area contributed by atoms with E-state index in [1.54, 1.807) is 48.8 Å². The van der Waals surface area contributed by atoms with Crippen molar-refractivity contribution in [3.05, 3.63) is 124 Å². The number of likely N-dealkylation sites (tertiary alicyclic amines) is 1. The van der Waals surface area contributed by atoms with Gasteiger partial charge in [0.25, 0.3) is 15.9 Å². The summed E-state index contributed by atoms with van der Waals surface area (Å²) in [6.45, 7) is 5.60. The number of aryl methyl sites for hydroxylation is 1. The van der Waals surface area contributed by atoms with Crippen LogP contribution in [0.15, 0.2) is 90.2 Å². The maximum Gasteiger partial charge on any atom is 0.275 e. The maximum atomic E-state index is 14.2. The lowest BCUT2D eigenvalue weighted by molar-refractivity contribution is 0.0985. The Kier molecular flexibility index (Phi) is 10.2. The summed E-state index contributed by atoms with van der Waals surface area (Å²) in [5.41, 5.74) is 3.11. The summed E-state index contributed by atoms with van der Waals surface area (Å²) in [6, 6.07) is 19.7. The van der Waals surface area contributed by atoms with E-state index in [9.17, 15) is 17.6 Å². The SMILES string of the molecule is CCn1cncc1Cn1c(CN2CCC(c3cccc(OCc4ccc(Cl)cc4F)n3)CC2)nc2sc(C(=O)NS(=O)(=O)c3ccccc3)cc21. The molecule has 264 valence electrons. The fourth-order valence-electron chi connectivity index (χ4n) is 6.24. The van der Waals surface area contributed by atoms with E-state index in [4.69, 9.17) is 26.3 Å². The molecule has 0 radical (unpaired) electrons. The maximum absolute atomic E-state index is 14.2. The van der Waals surface area contributed by atoms with E-state index in [0.717, 1.165) is 55.2 Å². The average Bonchev–Trinajstić information content (AvgIpc) is 3.84. The molecule has 0 spiro atoms. The van der Waals surface area contributed by atoms with Gasteiger partial charge in [-0.05, 0) is 69.3 Å². The Bertz CT molecular complexity index is 2280. The van der Waals surface area contributed by atoms with Gasteiger partial charge in [-0.15, -0.1) is 11.3 Å². The summed E-state index contributed by atoms with van der Waals surface area (Å²) < 4.78 is 52.1. The Hall–Kier alpha value is -4.63. The number of thiophene rings is 1. The van der Waals surface area contributed by atoms with Crippen LogP contribution >= 0.6 is 22.9 Å². The average molecular weight is 748 g/mol. The van der Waals surface area contributed by atoms with Gasteiger partial charge in [0.2, 0.25) is 5.88 Å². The molecule has 5 heterocycles. The van der Waals surface area contributed by atoms with Crippen LogP contribution in [0.2, 0.25) is 5.02 Å². The minimum atomic E-state index is -4.03. The van der Waals surface area contributed by atoms with E-state index in [1.165, 1.54) is 29.5 Å². The fourth-order valence-corrected chi connectivity index (χ4v) is 8.40. The Morgan fingerprint density at radius 2 is 1.84 bits per heavy atom. The van der Waals surface area contributed by atoms with E-state index < -0.39 is 21.7 Å². The molecule has 1 aliphatic rings. The zero-order valence-electron chi connectivity index (χ0n) is 27.7. The topological polar surface area (TPSA) is 124 Å². The van der Waals surface area contributed by atoms with Gasteiger partial charge in [0.1, 0.15) is 23.1 Å². The molecular weight excluding hydrogens is 713 g/mol. The molecule has 0 saturated carbocycles. The Labute approximate surface area is 303 Å². The lowest BCUT2D eigenvalue weighted by atomic mass is 9.93. The van der Waals surface area contributed by atoms with Gasteiger partial charge in [-0.1, -0.05) is 41.9 Å². The van der Waals surface area contributed by atoms with Crippen LogP contribution in [0.4, 0.5) is 4.39 Å². The van der Waals surface area contributed by atoms with Crippen molar-refractivity contribution in [1.82, 2.24) is 33.7 Å². The van der Waals surface area contributed by atoms with Crippen LogP contribution in [0.3, 0.4) is 0 Å². The van der Waals surface area contributed by atoms with Crippen molar-refractivity contribution in [1.29, 1.82) is 0 Å². The normalized spacial score (nSPS) is 14.3. The number of pyridine rings is 1. The third-order valence-electron chi connectivity index (χ3n) is 9.00. The molecule has 1 saturated heterocycles. The van der Waals surface area contributed by atoms with E-state index in [0.29, 0.717) is 34.4 Å². The first-order valence-electron chi connectivity index (χ1n) is 16.5. The highest BCUT2D eigenvalue weighted by Crippen LogP contribution is 2.31. The molecule has 2 aromatic carbocycles. The molecule has 0 unspecified atom stereocenters. The third kappa shape index (κ3) is 7.83. The fraction of sp³-hybridized carbons (Fsp3) is 0.278. The molecule has 15 heteroatoms. The number of amides is 1. The van der Waals surface area contributed by atoms with Gasteiger partial charge in [0.05, 0.1) is 40.4 Å². The number of rotatable bonds is 12. The number of nitrogens with zero attached hydrogens (tertiary/aromatic N) is 6. The van der Waals surface area contributed by atoms with Crippen LogP contribution in [-0.4, -0.2) is 56.4 Å². The molecule has 1 aliphatic heterocycles. The van der Waals surface area contributed by atoms with Crippen molar-refractivity contribution in [3.8, 4) is 5.88 Å². The van der Waals surface area contributed by atoms with Crippen LogP contribution in [-0.2, 0) is 36.3 Å². The number of halogens is 2. The van der Waals surface area contributed by atoms with Crippen LogP contribution in [0.25, 0.3) is 10.3 Å². The monoisotopic (exact) mass is 747 g/mol. The summed E-state index contributed by atoms with van der Waals surface area (Å²) in [4.78, 5) is 30.5. The van der Waals surface area contributed by atoms with Gasteiger partial charge >= 0.3 is 0 Å². The van der Waals surface area contributed by atoms with Crippen molar-refractivity contribution in [2.45, 2.75) is 56.8 Å². The molecular formula is C36H35ClFN7O4S2. The number of imidazole rings is 2. The van der Waals surface area contributed by atoms with Crippen molar-refractivity contribution in [3.63, 3.8) is 0 Å². The number of sulfonamides is 1. The smallest absolute Gasteiger partial charge is 0.275 e. The standard InChI is InChI=1S/C36H35ClFN7O4S2/c1-2-44-23-39-19-27(44)20-45-31-18-32(35(46)42-51(47,48)28-7-4-3-5-8-28)50-36(31)41-33(45)21-43-15-13-24(14-16-43)30-9-6-10-34(40-30)49-22-25-11-12-26(37)17-29(25)38/h3-12,17-19,23-24H,2,13-16,20-22H2,1H3,(H,42,46). The summed E-state index contributed by atoms with van der Waals surface area (Å²) in [6.07, 6.45) is 5.40. The number of hydrogen-bond acceptors (Lipinski definition) is 9. The van der Waals surface area contributed by atoms with Crippen molar-refractivity contribution in [2.24, 2.45) is 0 Å². The molecule has 0 atom stereocenters. The number of fused-ring (bicyclic) bond motifs is 1. The Morgan fingerprint density at radius 3 is 2.61 bits per heavy atom. The highest BCUT2D eigenvalue weighted by Gasteiger charge is 2.26. The number of carbonyl (C=O) groups is 1. The molecule has 0 aliphatic carbocycles. The van der Waals surface area contributed by atoms with Crippen LogP contribution in [0.1, 0.15) is 58.1 Å². The van der Waals surface area contributed by atoms with Gasteiger partial charge in [0, 0.05) is 41.0 Å². The van der Waals surface area contributed by atoms with Gasteiger partial charge in [-0.25, -0.2) is 32.5 Å². The number of ether oxygens (including phenoxy) is 1. The second kappa shape index (κ2) is 14.9. The molecule has 1 amide bonds. The molecule has 7 rings (SSSR count). The number of aromatic nitrogens is 5. The molecule has 1 N–H and O–H groups in total. The zero-order valence-corrected chi connectivity index (χ0v) is 30.1. The summed E-state index contributed by atoms with van der Waals surface area (Å²) >= 11 is 7.04. The van der Waals surface area contributed by atoms with Crippen molar-refractivity contribution < 1.29 is 22.3 Å². The first-order valence-corrected chi connectivity index (χ1v) is 19.2. The quantitative estimate of drug-likeness (QED) is 0.148. The number of carbonyl (C=O) groups excluding carboxylic acids is 1. The molecule has 6 aromatic rings. The lowest BCUT2D eigenvalue weighted by Gasteiger charge is -2.31. The second-order valence-corrected chi connectivity index (χ2v) is 15.5. The van der Waals surface area contributed by atoms with Gasteiger partial charge in [-0.2, -0.15) is 0 Å². The van der Waals surface area contributed by atoms with Crippen molar-refractivity contribution in [2.75, 3.05) is 13.1 Å². The number of piperidine rings is 1. The lowest BCUT2D eigenvalue weighted by Crippen LogP contribution is -2.33. The predicted octanol–water partition coefficient (Wildman–Crippen LogP) is 6.63. The zero-order chi connectivity index (χ0) is 35.5. The van der Waals surface area contributed by atoms with Crippen LogP contribution < -0.4 is 9.46 Å². The summed E-state index contributed by atoms with van der Waals surface area (Å²) in [7, 11) is -4.03.